The topological polar surface area (TPSA) is 74.0 Å². The third kappa shape index (κ3) is 4.24. The number of para-hydroxylation sites is 1. The van der Waals surface area contributed by atoms with Crippen molar-refractivity contribution in [1.29, 1.82) is 5.26 Å². The summed E-state index contributed by atoms with van der Waals surface area (Å²) in [5, 5.41) is 20.0. The van der Waals surface area contributed by atoms with Crippen molar-refractivity contribution in [3.63, 3.8) is 0 Å². The average Bonchev–Trinajstić information content (AvgIpc) is 3.29. The van der Waals surface area contributed by atoms with E-state index in [1.165, 1.54) is 11.3 Å². The van der Waals surface area contributed by atoms with Gasteiger partial charge >= 0.3 is 5.97 Å². The van der Waals surface area contributed by atoms with Gasteiger partial charge < -0.3 is 5.11 Å². The van der Waals surface area contributed by atoms with E-state index >= 15 is 0 Å². The van der Waals surface area contributed by atoms with Crippen LogP contribution in [0.25, 0.3) is 25.6 Å². The highest BCUT2D eigenvalue weighted by atomic mass is 32.2. The number of rotatable bonds is 4. The molecule has 0 bridgehead atoms. The molecule has 33 heavy (non-hydrogen) atoms. The Morgan fingerprint density at radius 1 is 0.848 bits per heavy atom. The molecular formula is C27H16N2O2S2. The Morgan fingerprint density at radius 2 is 1.48 bits per heavy atom. The van der Waals surface area contributed by atoms with E-state index in [-0.39, 0.29) is 5.56 Å². The number of benzene rings is 3. The average molecular weight is 465 g/mol. The van der Waals surface area contributed by atoms with Gasteiger partial charge in [0.05, 0.1) is 21.4 Å². The van der Waals surface area contributed by atoms with Gasteiger partial charge in [-0.2, -0.15) is 5.26 Å². The van der Waals surface area contributed by atoms with Crippen molar-refractivity contribution in [2.75, 3.05) is 0 Å². The number of aromatic carboxylic acids is 1. The van der Waals surface area contributed by atoms with E-state index in [4.69, 9.17) is 4.98 Å². The number of hydrogen-bond donors (Lipinski definition) is 1. The lowest BCUT2D eigenvalue weighted by Crippen LogP contribution is -1.97. The number of hydrogen-bond acceptors (Lipinski definition) is 5. The molecule has 1 aromatic heterocycles. The molecule has 0 aliphatic carbocycles. The molecular weight excluding hydrogens is 448 g/mol. The fourth-order valence-electron chi connectivity index (χ4n) is 3.52. The Kier molecular flexibility index (Phi) is 5.66. The highest BCUT2D eigenvalue weighted by Gasteiger charge is 2.19. The van der Waals surface area contributed by atoms with Crippen molar-refractivity contribution in [2.45, 2.75) is 0 Å². The first kappa shape index (κ1) is 21.0. The molecule has 0 saturated heterocycles. The maximum Gasteiger partial charge on any atom is 0.335 e. The fourth-order valence-corrected chi connectivity index (χ4v) is 5.62. The first-order valence-electron chi connectivity index (χ1n) is 10.1. The van der Waals surface area contributed by atoms with Crippen LogP contribution in [0.4, 0.5) is 0 Å². The monoisotopic (exact) mass is 464 g/mol. The normalized spacial score (nSPS) is 14.9. The van der Waals surface area contributed by atoms with Gasteiger partial charge in [0.25, 0.3) is 0 Å². The Balaban J connectivity index is 1.67. The number of carboxylic acid groups (broad SMARTS) is 1. The molecule has 0 unspecified atom stereocenters. The number of nitrogens with zero attached hydrogens (tertiary/aromatic N) is 2. The van der Waals surface area contributed by atoms with Gasteiger partial charge in [0, 0.05) is 9.81 Å². The third-order valence-electron chi connectivity index (χ3n) is 5.18. The van der Waals surface area contributed by atoms with Crippen LogP contribution in [0, 0.1) is 11.3 Å². The summed E-state index contributed by atoms with van der Waals surface area (Å²) in [6.45, 7) is 0. The van der Waals surface area contributed by atoms with E-state index in [2.05, 4.69) is 6.07 Å². The molecule has 0 amide bonds. The van der Waals surface area contributed by atoms with Crippen molar-refractivity contribution < 1.29 is 9.90 Å². The number of carbonyl (C=O) groups is 1. The minimum absolute atomic E-state index is 0.238. The Morgan fingerprint density at radius 3 is 2.12 bits per heavy atom. The Hall–Kier alpha value is -3.92. The van der Waals surface area contributed by atoms with Gasteiger partial charge in [-0.25, -0.2) is 9.78 Å². The van der Waals surface area contributed by atoms with Crippen LogP contribution >= 0.6 is 23.1 Å². The van der Waals surface area contributed by atoms with Crippen molar-refractivity contribution in [2.24, 2.45) is 0 Å². The number of fused-ring (bicyclic) bond motifs is 1. The molecule has 0 spiro atoms. The molecule has 4 nitrogen and oxygen atoms in total. The number of thioether (sulfide) groups is 1. The largest absolute Gasteiger partial charge is 0.478 e. The number of allylic oxidation sites excluding steroid dienone is 4. The zero-order valence-corrected chi connectivity index (χ0v) is 18.9. The van der Waals surface area contributed by atoms with Gasteiger partial charge in [0.15, 0.2) is 0 Å². The Labute approximate surface area is 198 Å². The summed E-state index contributed by atoms with van der Waals surface area (Å²) in [5.41, 5.74) is 4.36. The molecule has 4 aromatic rings. The summed E-state index contributed by atoms with van der Waals surface area (Å²) in [7, 11) is 0. The van der Waals surface area contributed by atoms with Crippen LogP contribution in [0.3, 0.4) is 0 Å². The lowest BCUT2D eigenvalue weighted by Gasteiger charge is -2.18. The SMILES string of the molecule is N#C/C(=C1/C=C(c2ccccc2)SC(c2ccc(C(=O)O)cc2)=C1)c1nc2ccccc2s1. The predicted molar refractivity (Wildman–Crippen MR) is 136 cm³/mol. The maximum atomic E-state index is 11.3. The predicted octanol–water partition coefficient (Wildman–Crippen LogP) is 7.10. The second-order valence-electron chi connectivity index (χ2n) is 7.30. The van der Waals surface area contributed by atoms with Gasteiger partial charge in [0.1, 0.15) is 11.1 Å². The van der Waals surface area contributed by atoms with E-state index in [9.17, 15) is 15.2 Å². The highest BCUT2D eigenvalue weighted by Crippen LogP contribution is 2.45. The smallest absolute Gasteiger partial charge is 0.335 e. The minimum atomic E-state index is -0.958. The molecule has 2 heterocycles. The van der Waals surface area contributed by atoms with E-state index in [0.29, 0.717) is 10.6 Å². The number of thiazole rings is 1. The van der Waals surface area contributed by atoms with Gasteiger partial charge in [-0.05, 0) is 53.1 Å². The summed E-state index contributed by atoms with van der Waals surface area (Å²) in [4.78, 5) is 17.9. The summed E-state index contributed by atoms with van der Waals surface area (Å²) >= 11 is 3.10. The number of nitriles is 1. The first-order valence-corrected chi connectivity index (χ1v) is 11.8. The zero-order valence-electron chi connectivity index (χ0n) is 17.2. The molecule has 6 heteroatoms. The summed E-state index contributed by atoms with van der Waals surface area (Å²) in [6, 6.07) is 27.0. The lowest BCUT2D eigenvalue weighted by atomic mass is 10.0. The van der Waals surface area contributed by atoms with Crippen LogP contribution in [0.2, 0.25) is 0 Å². The summed E-state index contributed by atoms with van der Waals surface area (Å²) < 4.78 is 1.03. The molecule has 0 radical (unpaired) electrons. The van der Waals surface area contributed by atoms with E-state index < -0.39 is 5.97 Å². The molecule has 0 saturated carbocycles. The van der Waals surface area contributed by atoms with Gasteiger partial charge in [0.2, 0.25) is 0 Å². The molecule has 0 atom stereocenters. The molecule has 1 aliphatic rings. The van der Waals surface area contributed by atoms with Gasteiger partial charge in [-0.3, -0.25) is 0 Å². The zero-order chi connectivity index (χ0) is 22.8. The molecule has 1 aliphatic heterocycles. The number of aromatic nitrogens is 1. The first-order chi connectivity index (χ1) is 16.1. The van der Waals surface area contributed by atoms with Crippen molar-refractivity contribution >= 4 is 54.7 Å². The van der Waals surface area contributed by atoms with Crippen LogP contribution in [-0.2, 0) is 0 Å². The second-order valence-corrected chi connectivity index (χ2v) is 9.41. The minimum Gasteiger partial charge on any atom is -0.478 e. The summed E-state index contributed by atoms with van der Waals surface area (Å²) in [6.07, 6.45) is 4.01. The van der Waals surface area contributed by atoms with Gasteiger partial charge in [-0.1, -0.05) is 66.4 Å². The fraction of sp³-hybridized carbons (Fsp3) is 0. The van der Waals surface area contributed by atoms with E-state index in [0.717, 1.165) is 36.7 Å². The van der Waals surface area contributed by atoms with E-state index in [1.54, 1.807) is 36.0 Å². The highest BCUT2D eigenvalue weighted by molar-refractivity contribution is 8.16. The standard InChI is InChI=1S/C27H16N2O2S2/c28-16-21(26-29-22-8-4-5-9-23(22)33-26)20-14-24(17-6-2-1-3-7-17)32-25(15-20)18-10-12-19(13-11-18)27(30)31/h1-15H,(H,30,31)/b21-20+. The molecule has 3 aromatic carbocycles. The quantitative estimate of drug-likeness (QED) is 0.326. The molecule has 1 N–H and O–H groups in total. The van der Waals surface area contributed by atoms with Crippen LogP contribution in [-0.4, -0.2) is 16.1 Å². The van der Waals surface area contributed by atoms with Gasteiger partial charge in [-0.15, -0.1) is 11.3 Å². The van der Waals surface area contributed by atoms with Crippen molar-refractivity contribution in [3.05, 3.63) is 118 Å². The van der Waals surface area contributed by atoms with Crippen LogP contribution in [0.15, 0.2) is 96.6 Å². The van der Waals surface area contributed by atoms with Crippen LogP contribution in [0.5, 0.6) is 0 Å². The number of carboxylic acids is 1. The maximum absolute atomic E-state index is 11.3. The van der Waals surface area contributed by atoms with Crippen LogP contribution in [0.1, 0.15) is 26.5 Å². The van der Waals surface area contributed by atoms with Crippen molar-refractivity contribution in [1.82, 2.24) is 4.98 Å². The second kappa shape index (κ2) is 8.91. The van der Waals surface area contributed by atoms with Crippen LogP contribution < -0.4 is 0 Å². The summed E-state index contributed by atoms with van der Waals surface area (Å²) in [5.74, 6) is -0.958. The lowest BCUT2D eigenvalue weighted by molar-refractivity contribution is 0.0697. The molecule has 5 rings (SSSR count). The Bertz CT molecular complexity index is 1470. The molecule has 0 fully saturated rings. The van der Waals surface area contributed by atoms with Crippen molar-refractivity contribution in [3.8, 4) is 6.07 Å². The molecule has 158 valence electrons. The van der Waals surface area contributed by atoms with E-state index in [1.807, 2.05) is 66.7 Å². The third-order valence-corrected chi connectivity index (χ3v) is 7.38.